The van der Waals surface area contributed by atoms with Gasteiger partial charge in [-0.05, 0) is 51.4 Å². The van der Waals surface area contributed by atoms with Gasteiger partial charge in [-0.3, -0.25) is 9.69 Å². The summed E-state index contributed by atoms with van der Waals surface area (Å²) in [6, 6.07) is 2.76. The molecule has 1 aromatic carbocycles. The smallest absolute Gasteiger partial charge is 0.244 e. The van der Waals surface area contributed by atoms with Gasteiger partial charge in [-0.2, -0.15) is 0 Å². The summed E-state index contributed by atoms with van der Waals surface area (Å²) in [4.78, 5) is 16.0. The van der Waals surface area contributed by atoms with E-state index < -0.39 is 17.7 Å². The zero-order valence-corrected chi connectivity index (χ0v) is 13.9. The summed E-state index contributed by atoms with van der Waals surface area (Å²) in [5.41, 5.74) is -0.0628. The lowest BCUT2D eigenvalue weighted by atomic mass is 9.97. The first-order valence-electron chi connectivity index (χ1n) is 7.56. The van der Waals surface area contributed by atoms with Crippen LogP contribution < -0.4 is 0 Å². The molecule has 1 aliphatic rings. The standard InChI is InChI=1S/C17H24F2N2O/c1-11(17(2)9-10-17)21(5)16(22)15(20(3)4)14-12(18)7-6-8-13(14)19/h6-8,11,15H,9-10H2,1-5H3/t11-,15-/m0/s1. The topological polar surface area (TPSA) is 23.6 Å². The molecule has 0 aliphatic heterocycles. The predicted molar refractivity (Wildman–Crippen MR) is 82.4 cm³/mol. The Morgan fingerprint density at radius 1 is 1.18 bits per heavy atom. The Morgan fingerprint density at radius 2 is 1.68 bits per heavy atom. The average molecular weight is 310 g/mol. The molecule has 0 bridgehead atoms. The molecular weight excluding hydrogens is 286 g/mol. The lowest BCUT2D eigenvalue weighted by Crippen LogP contribution is -2.46. The van der Waals surface area contributed by atoms with Crippen molar-refractivity contribution in [2.45, 2.75) is 38.8 Å². The minimum atomic E-state index is -0.962. The molecular formula is C17H24F2N2O. The van der Waals surface area contributed by atoms with Crippen LogP contribution in [0.2, 0.25) is 0 Å². The van der Waals surface area contributed by atoms with E-state index in [0.717, 1.165) is 12.8 Å². The van der Waals surface area contributed by atoms with Crippen LogP contribution in [0.25, 0.3) is 0 Å². The second-order valence-electron chi connectivity index (χ2n) is 6.78. The molecule has 1 amide bonds. The van der Waals surface area contributed by atoms with E-state index in [0.29, 0.717) is 0 Å². The van der Waals surface area contributed by atoms with Crippen molar-refractivity contribution >= 4 is 5.91 Å². The van der Waals surface area contributed by atoms with Gasteiger partial charge >= 0.3 is 0 Å². The van der Waals surface area contributed by atoms with Crippen molar-refractivity contribution in [3.05, 3.63) is 35.4 Å². The first-order chi connectivity index (χ1) is 10.2. The molecule has 0 heterocycles. The van der Waals surface area contributed by atoms with Crippen LogP contribution >= 0.6 is 0 Å². The Hall–Kier alpha value is -1.49. The third-order valence-corrected chi connectivity index (χ3v) is 5.00. The molecule has 5 heteroatoms. The van der Waals surface area contributed by atoms with Crippen LogP contribution in [0.1, 0.15) is 38.3 Å². The second kappa shape index (κ2) is 5.95. The fraction of sp³-hybridized carbons (Fsp3) is 0.588. The van der Waals surface area contributed by atoms with Crippen molar-refractivity contribution in [1.29, 1.82) is 0 Å². The number of hydrogen-bond acceptors (Lipinski definition) is 2. The van der Waals surface area contributed by atoms with Gasteiger partial charge in [0, 0.05) is 13.1 Å². The number of carbonyl (C=O) groups excluding carboxylic acids is 1. The lowest BCUT2D eigenvalue weighted by molar-refractivity contribution is -0.138. The molecule has 0 unspecified atom stereocenters. The highest BCUT2D eigenvalue weighted by atomic mass is 19.1. The third kappa shape index (κ3) is 3.00. The lowest BCUT2D eigenvalue weighted by Gasteiger charge is -2.35. The van der Waals surface area contributed by atoms with E-state index in [1.54, 1.807) is 30.9 Å². The van der Waals surface area contributed by atoms with Gasteiger partial charge < -0.3 is 4.90 Å². The third-order valence-electron chi connectivity index (χ3n) is 5.00. The Labute approximate surface area is 130 Å². The Balaban J connectivity index is 2.34. The summed E-state index contributed by atoms with van der Waals surface area (Å²) in [7, 11) is 5.03. The number of rotatable bonds is 5. The molecule has 0 spiro atoms. The Morgan fingerprint density at radius 3 is 2.09 bits per heavy atom. The summed E-state index contributed by atoms with van der Waals surface area (Å²) in [5.74, 6) is -1.66. The minimum Gasteiger partial charge on any atom is -0.341 e. The van der Waals surface area contributed by atoms with E-state index >= 15 is 0 Å². The fourth-order valence-corrected chi connectivity index (χ4v) is 2.84. The molecule has 1 aliphatic carbocycles. The number of benzene rings is 1. The van der Waals surface area contributed by atoms with Crippen molar-refractivity contribution in [2.24, 2.45) is 5.41 Å². The van der Waals surface area contributed by atoms with Gasteiger partial charge in [0.15, 0.2) is 0 Å². The van der Waals surface area contributed by atoms with E-state index in [4.69, 9.17) is 0 Å². The summed E-state index contributed by atoms with van der Waals surface area (Å²) in [6.45, 7) is 4.13. The largest absolute Gasteiger partial charge is 0.341 e. The number of nitrogens with zero attached hydrogens (tertiary/aromatic N) is 2. The van der Waals surface area contributed by atoms with E-state index in [-0.39, 0.29) is 22.9 Å². The summed E-state index contributed by atoms with van der Waals surface area (Å²) in [6.07, 6.45) is 2.15. The maximum atomic E-state index is 14.1. The maximum Gasteiger partial charge on any atom is 0.244 e. The molecule has 1 aromatic rings. The normalized spacial score (nSPS) is 18.9. The molecule has 3 nitrogen and oxygen atoms in total. The molecule has 2 rings (SSSR count). The highest BCUT2D eigenvalue weighted by Crippen LogP contribution is 2.49. The maximum absolute atomic E-state index is 14.1. The number of halogens is 2. The Kier molecular flexibility index (Phi) is 4.57. The predicted octanol–water partition coefficient (Wildman–Crippen LogP) is 3.21. The number of amides is 1. The van der Waals surface area contributed by atoms with Crippen LogP contribution in [0.5, 0.6) is 0 Å². The zero-order valence-electron chi connectivity index (χ0n) is 13.9. The monoisotopic (exact) mass is 310 g/mol. The van der Waals surface area contributed by atoms with Crippen molar-refractivity contribution in [2.75, 3.05) is 21.1 Å². The molecule has 2 atom stereocenters. The summed E-state index contributed by atoms with van der Waals surface area (Å²) < 4.78 is 28.2. The van der Waals surface area contributed by atoms with Crippen LogP contribution in [0.3, 0.4) is 0 Å². The van der Waals surface area contributed by atoms with Crippen LogP contribution in [-0.4, -0.2) is 42.9 Å². The van der Waals surface area contributed by atoms with E-state index in [1.165, 1.54) is 18.2 Å². The zero-order chi connectivity index (χ0) is 16.7. The van der Waals surface area contributed by atoms with E-state index in [1.807, 2.05) is 6.92 Å². The van der Waals surface area contributed by atoms with Gasteiger partial charge in [-0.1, -0.05) is 13.0 Å². The van der Waals surface area contributed by atoms with Gasteiger partial charge in [0.05, 0.1) is 5.56 Å². The van der Waals surface area contributed by atoms with Crippen molar-refractivity contribution in [3.63, 3.8) is 0 Å². The van der Waals surface area contributed by atoms with Crippen molar-refractivity contribution < 1.29 is 13.6 Å². The molecule has 22 heavy (non-hydrogen) atoms. The number of hydrogen-bond donors (Lipinski definition) is 0. The molecule has 1 fully saturated rings. The van der Waals surface area contributed by atoms with Crippen LogP contribution in [0.15, 0.2) is 18.2 Å². The first kappa shape index (κ1) is 16.9. The second-order valence-corrected chi connectivity index (χ2v) is 6.78. The minimum absolute atomic E-state index is 0.0392. The number of carbonyl (C=O) groups is 1. The molecule has 0 N–H and O–H groups in total. The Bertz CT molecular complexity index is 550. The highest BCUT2D eigenvalue weighted by molar-refractivity contribution is 5.83. The molecule has 0 aromatic heterocycles. The van der Waals surface area contributed by atoms with Crippen LogP contribution in [-0.2, 0) is 4.79 Å². The van der Waals surface area contributed by atoms with Gasteiger partial charge in [0.2, 0.25) is 5.91 Å². The molecule has 1 saturated carbocycles. The van der Waals surface area contributed by atoms with Gasteiger partial charge in [-0.25, -0.2) is 8.78 Å². The van der Waals surface area contributed by atoms with Crippen molar-refractivity contribution in [1.82, 2.24) is 9.80 Å². The molecule has 122 valence electrons. The van der Waals surface area contributed by atoms with Crippen molar-refractivity contribution in [3.8, 4) is 0 Å². The molecule has 0 saturated heterocycles. The van der Waals surface area contributed by atoms with E-state index in [2.05, 4.69) is 6.92 Å². The molecule has 0 radical (unpaired) electrons. The van der Waals surface area contributed by atoms with Gasteiger partial charge in [0.25, 0.3) is 0 Å². The van der Waals surface area contributed by atoms with Crippen LogP contribution in [0.4, 0.5) is 8.78 Å². The quantitative estimate of drug-likeness (QED) is 0.834. The van der Waals surface area contributed by atoms with Gasteiger partial charge in [-0.15, -0.1) is 0 Å². The SMILES string of the molecule is C[C@H](N(C)C(=O)[C@H](c1c(F)cccc1F)N(C)C)C1(C)CC1. The first-order valence-corrected chi connectivity index (χ1v) is 7.56. The van der Waals surface area contributed by atoms with E-state index in [9.17, 15) is 13.6 Å². The average Bonchev–Trinajstić information content (AvgIpc) is 3.19. The van der Waals surface area contributed by atoms with Gasteiger partial charge in [0.1, 0.15) is 17.7 Å². The summed E-state index contributed by atoms with van der Waals surface area (Å²) >= 11 is 0. The fourth-order valence-electron chi connectivity index (χ4n) is 2.84. The highest BCUT2D eigenvalue weighted by Gasteiger charge is 2.46. The summed E-state index contributed by atoms with van der Waals surface area (Å²) in [5, 5.41) is 0. The van der Waals surface area contributed by atoms with Crippen LogP contribution in [0, 0.1) is 17.0 Å². The number of likely N-dealkylation sites (N-methyl/N-ethyl adjacent to an activating group) is 2.